The van der Waals surface area contributed by atoms with Crippen molar-refractivity contribution in [2.45, 2.75) is 39.0 Å². The molecule has 1 fully saturated rings. The summed E-state index contributed by atoms with van der Waals surface area (Å²) in [5.41, 5.74) is 0. The van der Waals surface area contributed by atoms with Crippen molar-refractivity contribution >= 4 is 0 Å². The van der Waals surface area contributed by atoms with Crippen molar-refractivity contribution in [2.24, 2.45) is 5.92 Å². The van der Waals surface area contributed by atoms with Crippen LogP contribution in [0.25, 0.3) is 0 Å². The number of aromatic nitrogens is 2. The van der Waals surface area contributed by atoms with Gasteiger partial charge in [0.2, 0.25) is 5.89 Å². The molecule has 2 heterocycles. The highest BCUT2D eigenvalue weighted by Crippen LogP contribution is 2.17. The number of nitrogens with zero attached hydrogens (tertiary/aromatic N) is 2. The molecule has 1 N–H and O–H groups in total. The molecule has 1 saturated heterocycles. The fraction of sp³-hybridized carbons (Fsp3) is 0.818. The van der Waals surface area contributed by atoms with E-state index in [1.54, 1.807) is 0 Å². The predicted molar refractivity (Wildman–Crippen MR) is 57.7 cm³/mol. The summed E-state index contributed by atoms with van der Waals surface area (Å²) >= 11 is 0. The van der Waals surface area contributed by atoms with Crippen LogP contribution in [0.2, 0.25) is 0 Å². The largest absolute Gasteiger partial charge is 0.339 e. The van der Waals surface area contributed by atoms with Crippen molar-refractivity contribution in [1.29, 1.82) is 0 Å². The van der Waals surface area contributed by atoms with E-state index in [0.29, 0.717) is 11.8 Å². The van der Waals surface area contributed by atoms with Crippen molar-refractivity contribution in [3.8, 4) is 0 Å². The molecule has 0 radical (unpaired) electrons. The minimum atomic E-state index is 0.354. The van der Waals surface area contributed by atoms with Crippen molar-refractivity contribution in [3.63, 3.8) is 0 Å². The van der Waals surface area contributed by atoms with E-state index < -0.39 is 0 Å². The zero-order chi connectivity index (χ0) is 10.7. The van der Waals surface area contributed by atoms with Gasteiger partial charge in [-0.15, -0.1) is 0 Å². The van der Waals surface area contributed by atoms with Crippen LogP contribution in [0.5, 0.6) is 0 Å². The van der Waals surface area contributed by atoms with Gasteiger partial charge in [0.25, 0.3) is 0 Å². The molecule has 84 valence electrons. The molecule has 0 bridgehead atoms. The van der Waals surface area contributed by atoms with E-state index in [1.807, 2.05) is 0 Å². The van der Waals surface area contributed by atoms with Crippen LogP contribution >= 0.6 is 0 Å². The lowest BCUT2D eigenvalue weighted by atomic mass is 9.96. The summed E-state index contributed by atoms with van der Waals surface area (Å²) in [5, 5.41) is 7.37. The van der Waals surface area contributed by atoms with Crippen LogP contribution in [0.15, 0.2) is 4.52 Å². The molecule has 1 aliphatic heterocycles. The molecule has 0 amide bonds. The van der Waals surface area contributed by atoms with Crippen LogP contribution < -0.4 is 5.32 Å². The standard InChI is InChI=1S/C11H19N3O/c1-8(2)11-13-10(15-14-11)6-9-4-3-5-12-7-9/h8-9,12H,3-7H2,1-2H3/t9-/m1/s1. The zero-order valence-corrected chi connectivity index (χ0v) is 9.49. The highest BCUT2D eigenvalue weighted by molar-refractivity contribution is 4.93. The van der Waals surface area contributed by atoms with Gasteiger partial charge in [-0.2, -0.15) is 4.98 Å². The minimum Gasteiger partial charge on any atom is -0.339 e. The number of rotatable bonds is 3. The Balaban J connectivity index is 1.91. The first-order valence-corrected chi connectivity index (χ1v) is 5.79. The highest BCUT2D eigenvalue weighted by Gasteiger charge is 2.17. The summed E-state index contributed by atoms with van der Waals surface area (Å²) < 4.78 is 5.24. The van der Waals surface area contributed by atoms with E-state index in [4.69, 9.17) is 4.52 Å². The molecule has 0 saturated carbocycles. The van der Waals surface area contributed by atoms with Crippen molar-refractivity contribution < 1.29 is 4.52 Å². The molecule has 4 nitrogen and oxygen atoms in total. The normalized spacial score (nSPS) is 22.2. The van der Waals surface area contributed by atoms with Crippen LogP contribution in [-0.2, 0) is 6.42 Å². The van der Waals surface area contributed by atoms with Crippen molar-refractivity contribution in [1.82, 2.24) is 15.5 Å². The van der Waals surface area contributed by atoms with Gasteiger partial charge < -0.3 is 9.84 Å². The third kappa shape index (κ3) is 2.78. The molecule has 0 aromatic carbocycles. The Labute approximate surface area is 90.4 Å². The lowest BCUT2D eigenvalue weighted by molar-refractivity contribution is 0.314. The van der Waals surface area contributed by atoms with Gasteiger partial charge >= 0.3 is 0 Å². The molecule has 4 heteroatoms. The molecule has 0 aliphatic carbocycles. The van der Waals surface area contributed by atoms with Crippen LogP contribution in [0.4, 0.5) is 0 Å². The maximum atomic E-state index is 5.24. The van der Waals surface area contributed by atoms with E-state index in [0.717, 1.165) is 31.2 Å². The lowest BCUT2D eigenvalue weighted by Crippen LogP contribution is -2.30. The van der Waals surface area contributed by atoms with Gasteiger partial charge in [-0.1, -0.05) is 19.0 Å². The summed E-state index contributed by atoms with van der Waals surface area (Å²) in [6.45, 7) is 6.39. The quantitative estimate of drug-likeness (QED) is 0.823. The molecular weight excluding hydrogens is 190 g/mol. The number of piperidine rings is 1. The topological polar surface area (TPSA) is 51.0 Å². The molecule has 1 aromatic rings. The molecule has 2 rings (SSSR count). The van der Waals surface area contributed by atoms with Crippen LogP contribution in [-0.4, -0.2) is 23.2 Å². The second kappa shape index (κ2) is 4.75. The van der Waals surface area contributed by atoms with E-state index in [1.165, 1.54) is 12.8 Å². The third-order valence-corrected chi connectivity index (χ3v) is 2.86. The molecular formula is C11H19N3O. The summed E-state index contributed by atoms with van der Waals surface area (Å²) in [7, 11) is 0. The van der Waals surface area contributed by atoms with Crippen LogP contribution in [0.1, 0.15) is 44.3 Å². The third-order valence-electron chi connectivity index (χ3n) is 2.86. The Morgan fingerprint density at radius 2 is 2.40 bits per heavy atom. The van der Waals surface area contributed by atoms with E-state index >= 15 is 0 Å². The average molecular weight is 209 g/mol. The zero-order valence-electron chi connectivity index (χ0n) is 9.49. The Bertz CT molecular complexity index is 303. The molecule has 1 aromatic heterocycles. The number of hydrogen-bond acceptors (Lipinski definition) is 4. The number of nitrogens with one attached hydrogen (secondary N) is 1. The molecule has 0 spiro atoms. The Morgan fingerprint density at radius 3 is 3.00 bits per heavy atom. The number of hydrogen-bond donors (Lipinski definition) is 1. The predicted octanol–water partition coefficient (Wildman–Crippen LogP) is 1.74. The highest BCUT2D eigenvalue weighted by atomic mass is 16.5. The first-order valence-electron chi connectivity index (χ1n) is 5.79. The molecule has 15 heavy (non-hydrogen) atoms. The maximum absolute atomic E-state index is 5.24. The monoisotopic (exact) mass is 209 g/mol. The van der Waals surface area contributed by atoms with Gasteiger partial charge in [-0.05, 0) is 31.8 Å². The summed E-state index contributed by atoms with van der Waals surface area (Å²) in [5.74, 6) is 2.65. The molecule has 1 atom stereocenters. The summed E-state index contributed by atoms with van der Waals surface area (Å²) in [6.07, 6.45) is 3.45. The van der Waals surface area contributed by atoms with Crippen molar-refractivity contribution in [3.05, 3.63) is 11.7 Å². The lowest BCUT2D eigenvalue weighted by Gasteiger charge is -2.20. The molecule has 1 aliphatic rings. The smallest absolute Gasteiger partial charge is 0.226 e. The second-order valence-corrected chi connectivity index (χ2v) is 4.62. The van der Waals surface area contributed by atoms with E-state index in [2.05, 4.69) is 29.3 Å². The Kier molecular flexibility index (Phi) is 3.36. The fourth-order valence-corrected chi connectivity index (χ4v) is 1.93. The second-order valence-electron chi connectivity index (χ2n) is 4.62. The SMILES string of the molecule is CC(C)c1noc(C[C@H]2CCCNC2)n1. The summed E-state index contributed by atoms with van der Waals surface area (Å²) in [4.78, 5) is 4.40. The van der Waals surface area contributed by atoms with Gasteiger partial charge in [0, 0.05) is 12.3 Å². The minimum absolute atomic E-state index is 0.354. The first-order chi connectivity index (χ1) is 7.25. The Morgan fingerprint density at radius 1 is 1.53 bits per heavy atom. The van der Waals surface area contributed by atoms with Gasteiger partial charge in [0.05, 0.1) is 0 Å². The van der Waals surface area contributed by atoms with E-state index in [-0.39, 0.29) is 0 Å². The van der Waals surface area contributed by atoms with Gasteiger partial charge in [0.1, 0.15) is 0 Å². The molecule has 0 unspecified atom stereocenters. The first kappa shape index (κ1) is 10.6. The van der Waals surface area contributed by atoms with Crippen LogP contribution in [0, 0.1) is 5.92 Å². The fourth-order valence-electron chi connectivity index (χ4n) is 1.93. The van der Waals surface area contributed by atoms with Crippen LogP contribution in [0.3, 0.4) is 0 Å². The maximum Gasteiger partial charge on any atom is 0.226 e. The van der Waals surface area contributed by atoms with Gasteiger partial charge in [0.15, 0.2) is 5.82 Å². The Hall–Kier alpha value is -0.900. The van der Waals surface area contributed by atoms with Gasteiger partial charge in [-0.3, -0.25) is 0 Å². The summed E-state index contributed by atoms with van der Waals surface area (Å²) in [6, 6.07) is 0. The van der Waals surface area contributed by atoms with Gasteiger partial charge in [-0.25, -0.2) is 0 Å². The van der Waals surface area contributed by atoms with E-state index in [9.17, 15) is 0 Å². The van der Waals surface area contributed by atoms with Crippen molar-refractivity contribution in [2.75, 3.05) is 13.1 Å². The average Bonchev–Trinajstić information content (AvgIpc) is 2.68.